The van der Waals surface area contributed by atoms with Crippen molar-refractivity contribution in [3.63, 3.8) is 0 Å². The number of carbonyl (C=O) groups excluding carboxylic acids is 1. The average Bonchev–Trinajstić information content (AvgIpc) is 2.88. The Bertz CT molecular complexity index is 1250. The molecule has 0 spiro atoms. The SMILES string of the molecule is CN1C(=O)COc2cc(-c3cnc4c(c3)NC[C@@H](CNCCc3ccc(C#N)cc3)O4)ccc21. The molecule has 172 valence electrons. The van der Waals surface area contributed by atoms with Gasteiger partial charge in [-0.25, -0.2) is 4.98 Å². The summed E-state index contributed by atoms with van der Waals surface area (Å²) >= 11 is 0. The molecule has 0 aliphatic carbocycles. The summed E-state index contributed by atoms with van der Waals surface area (Å²) in [6.45, 7) is 2.27. The minimum absolute atomic E-state index is 0.0166. The second-order valence-electron chi connectivity index (χ2n) is 8.38. The molecule has 34 heavy (non-hydrogen) atoms. The number of fused-ring (bicyclic) bond motifs is 2. The van der Waals surface area contributed by atoms with E-state index in [1.807, 2.05) is 48.5 Å². The Morgan fingerprint density at radius 1 is 1.21 bits per heavy atom. The third-order valence-corrected chi connectivity index (χ3v) is 6.07. The molecular formula is C26H25N5O3. The van der Waals surface area contributed by atoms with Crippen LogP contribution in [0.3, 0.4) is 0 Å². The van der Waals surface area contributed by atoms with Gasteiger partial charge in [-0.3, -0.25) is 4.79 Å². The Balaban J connectivity index is 1.17. The molecule has 0 radical (unpaired) electrons. The van der Waals surface area contributed by atoms with Gasteiger partial charge in [0.05, 0.1) is 29.6 Å². The molecule has 0 saturated carbocycles. The second kappa shape index (κ2) is 9.41. The zero-order chi connectivity index (χ0) is 23.5. The first-order chi connectivity index (χ1) is 16.6. The van der Waals surface area contributed by atoms with Gasteiger partial charge in [0, 0.05) is 25.4 Å². The predicted octanol–water partition coefficient (Wildman–Crippen LogP) is 2.98. The monoisotopic (exact) mass is 455 g/mol. The van der Waals surface area contributed by atoms with Gasteiger partial charge < -0.3 is 25.0 Å². The first-order valence-corrected chi connectivity index (χ1v) is 11.2. The number of nitrogens with zero attached hydrogens (tertiary/aromatic N) is 3. The molecule has 1 atom stereocenters. The zero-order valence-electron chi connectivity index (χ0n) is 18.9. The quantitative estimate of drug-likeness (QED) is 0.551. The zero-order valence-corrected chi connectivity index (χ0v) is 18.9. The van der Waals surface area contributed by atoms with Crippen molar-refractivity contribution in [2.75, 3.05) is 43.5 Å². The number of rotatable bonds is 6. The van der Waals surface area contributed by atoms with Gasteiger partial charge in [-0.05, 0) is 54.4 Å². The number of hydrogen-bond acceptors (Lipinski definition) is 7. The van der Waals surface area contributed by atoms with E-state index in [0.717, 1.165) is 35.5 Å². The molecule has 0 bridgehead atoms. The van der Waals surface area contributed by atoms with E-state index in [2.05, 4.69) is 21.7 Å². The van der Waals surface area contributed by atoms with Crippen LogP contribution < -0.4 is 25.0 Å². The molecule has 1 amide bonds. The summed E-state index contributed by atoms with van der Waals surface area (Å²) in [5.74, 6) is 1.22. The maximum Gasteiger partial charge on any atom is 0.264 e. The molecule has 0 unspecified atom stereocenters. The minimum atomic E-state index is -0.0599. The van der Waals surface area contributed by atoms with Crippen molar-refractivity contribution < 1.29 is 14.3 Å². The van der Waals surface area contributed by atoms with Crippen molar-refractivity contribution in [3.8, 4) is 28.8 Å². The Labute approximate surface area is 198 Å². The molecule has 5 rings (SSSR count). The lowest BCUT2D eigenvalue weighted by Gasteiger charge is -2.27. The largest absolute Gasteiger partial charge is 0.482 e. The van der Waals surface area contributed by atoms with Crippen LogP contribution in [0.4, 0.5) is 11.4 Å². The summed E-state index contributed by atoms with van der Waals surface area (Å²) in [5.41, 5.74) is 5.40. The maximum atomic E-state index is 11.8. The summed E-state index contributed by atoms with van der Waals surface area (Å²) < 4.78 is 11.7. The fourth-order valence-electron chi connectivity index (χ4n) is 4.07. The van der Waals surface area contributed by atoms with Gasteiger partial charge >= 0.3 is 0 Å². The van der Waals surface area contributed by atoms with Crippen LogP contribution in [0.5, 0.6) is 11.6 Å². The minimum Gasteiger partial charge on any atom is -0.482 e. The van der Waals surface area contributed by atoms with E-state index in [-0.39, 0.29) is 18.6 Å². The molecule has 2 aliphatic rings. The van der Waals surface area contributed by atoms with Crippen molar-refractivity contribution in [2.45, 2.75) is 12.5 Å². The molecule has 3 aromatic rings. The number of pyridine rings is 1. The summed E-state index contributed by atoms with van der Waals surface area (Å²) in [5, 5.41) is 15.7. The van der Waals surface area contributed by atoms with Crippen molar-refractivity contribution >= 4 is 17.3 Å². The third-order valence-electron chi connectivity index (χ3n) is 6.07. The van der Waals surface area contributed by atoms with E-state index in [1.165, 1.54) is 5.56 Å². The molecule has 2 aromatic carbocycles. The summed E-state index contributed by atoms with van der Waals surface area (Å²) in [6.07, 6.45) is 2.66. The van der Waals surface area contributed by atoms with E-state index < -0.39 is 0 Å². The van der Waals surface area contributed by atoms with Crippen molar-refractivity contribution in [3.05, 3.63) is 65.9 Å². The van der Waals surface area contributed by atoms with Crippen molar-refractivity contribution in [2.24, 2.45) is 0 Å². The number of ether oxygens (including phenoxy) is 2. The van der Waals surface area contributed by atoms with Gasteiger partial charge in [-0.2, -0.15) is 5.26 Å². The second-order valence-corrected chi connectivity index (χ2v) is 8.38. The van der Waals surface area contributed by atoms with Gasteiger partial charge in [-0.1, -0.05) is 18.2 Å². The predicted molar refractivity (Wildman–Crippen MR) is 129 cm³/mol. The highest BCUT2D eigenvalue weighted by Gasteiger charge is 2.24. The van der Waals surface area contributed by atoms with Gasteiger partial charge in [0.2, 0.25) is 5.88 Å². The third kappa shape index (κ3) is 4.51. The first kappa shape index (κ1) is 21.7. The number of carbonyl (C=O) groups is 1. The fraction of sp³-hybridized carbons (Fsp3) is 0.269. The van der Waals surface area contributed by atoms with Gasteiger partial charge in [0.25, 0.3) is 5.91 Å². The number of benzene rings is 2. The van der Waals surface area contributed by atoms with Crippen LogP contribution in [-0.2, 0) is 11.2 Å². The van der Waals surface area contributed by atoms with Crippen LogP contribution in [0, 0.1) is 11.3 Å². The Morgan fingerprint density at radius 2 is 2.06 bits per heavy atom. The lowest BCUT2D eigenvalue weighted by atomic mass is 10.0. The van der Waals surface area contributed by atoms with E-state index in [4.69, 9.17) is 14.7 Å². The number of hydrogen-bond donors (Lipinski definition) is 2. The highest BCUT2D eigenvalue weighted by molar-refractivity contribution is 5.97. The molecule has 8 heteroatoms. The van der Waals surface area contributed by atoms with E-state index in [9.17, 15) is 4.79 Å². The van der Waals surface area contributed by atoms with Crippen LogP contribution in [0.25, 0.3) is 11.1 Å². The van der Waals surface area contributed by atoms with Crippen molar-refractivity contribution in [1.29, 1.82) is 5.26 Å². The number of aromatic nitrogens is 1. The van der Waals surface area contributed by atoms with Crippen LogP contribution in [0.1, 0.15) is 11.1 Å². The number of nitrogens with one attached hydrogen (secondary N) is 2. The first-order valence-electron chi connectivity index (χ1n) is 11.2. The fourth-order valence-corrected chi connectivity index (χ4v) is 4.07. The average molecular weight is 456 g/mol. The smallest absolute Gasteiger partial charge is 0.264 e. The molecular weight excluding hydrogens is 430 g/mol. The standard InChI is InChI=1S/C26H25N5O3/c1-31-23-7-6-19(11-24(23)33-16-25(31)32)20-10-22-26(30-13-20)34-21(15-29-22)14-28-9-8-17-2-4-18(12-27)5-3-17/h2-7,10-11,13,21,28-29H,8-9,14-16H2,1H3/t21-/m1/s1. The number of anilines is 2. The lowest BCUT2D eigenvalue weighted by molar-refractivity contribution is -0.120. The number of likely N-dealkylation sites (N-methyl/N-ethyl adjacent to an activating group) is 1. The maximum absolute atomic E-state index is 11.8. The van der Waals surface area contributed by atoms with E-state index in [1.54, 1.807) is 18.1 Å². The van der Waals surface area contributed by atoms with Crippen molar-refractivity contribution in [1.82, 2.24) is 10.3 Å². The Kier molecular flexibility index (Phi) is 6.02. The molecule has 0 fully saturated rings. The summed E-state index contributed by atoms with van der Waals surface area (Å²) in [7, 11) is 1.75. The molecule has 2 aliphatic heterocycles. The highest BCUT2D eigenvalue weighted by atomic mass is 16.5. The van der Waals surface area contributed by atoms with Gasteiger partial charge in [0.1, 0.15) is 11.9 Å². The van der Waals surface area contributed by atoms with Crippen LogP contribution in [0.2, 0.25) is 0 Å². The van der Waals surface area contributed by atoms with Crippen LogP contribution in [-0.4, -0.2) is 50.3 Å². The molecule has 8 nitrogen and oxygen atoms in total. The molecule has 3 heterocycles. The van der Waals surface area contributed by atoms with Gasteiger partial charge in [0.15, 0.2) is 6.61 Å². The van der Waals surface area contributed by atoms with Crippen LogP contribution >= 0.6 is 0 Å². The molecule has 1 aromatic heterocycles. The summed E-state index contributed by atoms with van der Waals surface area (Å²) in [4.78, 5) is 18.0. The Morgan fingerprint density at radius 3 is 2.88 bits per heavy atom. The molecule has 2 N–H and O–H groups in total. The Hall–Kier alpha value is -4.09. The highest BCUT2D eigenvalue weighted by Crippen LogP contribution is 2.37. The van der Waals surface area contributed by atoms with Crippen LogP contribution in [0.15, 0.2) is 54.7 Å². The lowest BCUT2D eigenvalue weighted by Crippen LogP contribution is -2.40. The number of amides is 1. The molecule has 0 saturated heterocycles. The topological polar surface area (TPSA) is 99.5 Å². The van der Waals surface area contributed by atoms with E-state index in [0.29, 0.717) is 30.3 Å². The number of nitriles is 1. The summed E-state index contributed by atoms with van der Waals surface area (Å²) in [6, 6.07) is 17.6. The van der Waals surface area contributed by atoms with Gasteiger partial charge in [-0.15, -0.1) is 0 Å². The van der Waals surface area contributed by atoms with E-state index >= 15 is 0 Å². The normalized spacial score (nSPS) is 16.4.